The SMILES string of the molecule is COCCn1ncc(N2C[C@H]3CNC[C@H]3C2)c(Cl)c1=O. The predicted octanol–water partition coefficient (Wildman–Crippen LogP) is 0.199. The monoisotopic (exact) mass is 298 g/mol. The Kier molecular flexibility index (Phi) is 3.96. The first-order chi connectivity index (χ1) is 9.70. The first-order valence-electron chi connectivity index (χ1n) is 6.91. The highest BCUT2D eigenvalue weighted by atomic mass is 35.5. The predicted molar refractivity (Wildman–Crippen MR) is 77.4 cm³/mol. The molecule has 2 aliphatic heterocycles. The van der Waals surface area contributed by atoms with Crippen LogP contribution in [-0.2, 0) is 11.3 Å². The highest BCUT2D eigenvalue weighted by Gasteiger charge is 2.37. The van der Waals surface area contributed by atoms with Crippen LogP contribution in [0.3, 0.4) is 0 Å². The lowest BCUT2D eigenvalue weighted by atomic mass is 10.0. The van der Waals surface area contributed by atoms with Crippen molar-refractivity contribution in [1.29, 1.82) is 0 Å². The van der Waals surface area contributed by atoms with Crippen LogP contribution in [0.2, 0.25) is 5.02 Å². The number of hydrogen-bond donors (Lipinski definition) is 1. The maximum absolute atomic E-state index is 12.2. The van der Waals surface area contributed by atoms with Crippen LogP contribution in [0.5, 0.6) is 0 Å². The smallest absolute Gasteiger partial charge is 0.287 e. The Morgan fingerprint density at radius 3 is 2.80 bits per heavy atom. The second-order valence-corrected chi connectivity index (χ2v) is 5.83. The van der Waals surface area contributed by atoms with Crippen LogP contribution in [-0.4, -0.2) is 49.7 Å². The lowest BCUT2D eigenvalue weighted by Crippen LogP contribution is -2.30. The average molecular weight is 299 g/mol. The molecule has 2 fully saturated rings. The third-order valence-corrected chi connectivity index (χ3v) is 4.56. The van der Waals surface area contributed by atoms with E-state index in [4.69, 9.17) is 16.3 Å². The molecule has 110 valence electrons. The fourth-order valence-electron chi connectivity index (χ4n) is 3.07. The van der Waals surface area contributed by atoms with Gasteiger partial charge in [-0.2, -0.15) is 5.10 Å². The molecule has 0 aliphatic carbocycles. The van der Waals surface area contributed by atoms with E-state index in [-0.39, 0.29) is 10.6 Å². The molecule has 6 nitrogen and oxygen atoms in total. The molecule has 0 bridgehead atoms. The quantitative estimate of drug-likeness (QED) is 0.860. The van der Waals surface area contributed by atoms with E-state index in [1.54, 1.807) is 13.3 Å². The minimum Gasteiger partial charge on any atom is -0.383 e. The zero-order chi connectivity index (χ0) is 14.1. The van der Waals surface area contributed by atoms with Crippen molar-refractivity contribution in [2.75, 3.05) is 44.8 Å². The lowest BCUT2D eigenvalue weighted by molar-refractivity contribution is 0.182. The third-order valence-electron chi connectivity index (χ3n) is 4.20. The van der Waals surface area contributed by atoms with Gasteiger partial charge in [0.1, 0.15) is 5.02 Å². The van der Waals surface area contributed by atoms with Crippen molar-refractivity contribution in [2.45, 2.75) is 6.54 Å². The van der Waals surface area contributed by atoms with Gasteiger partial charge in [-0.25, -0.2) is 4.68 Å². The van der Waals surface area contributed by atoms with Crippen LogP contribution in [0, 0.1) is 11.8 Å². The first-order valence-corrected chi connectivity index (χ1v) is 7.28. The van der Waals surface area contributed by atoms with E-state index in [0.717, 1.165) is 31.9 Å². The summed E-state index contributed by atoms with van der Waals surface area (Å²) in [4.78, 5) is 14.4. The molecule has 0 spiro atoms. The van der Waals surface area contributed by atoms with Crippen molar-refractivity contribution < 1.29 is 4.74 Å². The van der Waals surface area contributed by atoms with Crippen LogP contribution < -0.4 is 15.8 Å². The molecular weight excluding hydrogens is 280 g/mol. The van der Waals surface area contributed by atoms with Crippen molar-refractivity contribution in [3.05, 3.63) is 21.6 Å². The number of nitrogens with one attached hydrogen (secondary N) is 1. The van der Waals surface area contributed by atoms with Crippen molar-refractivity contribution in [3.8, 4) is 0 Å². The Morgan fingerprint density at radius 2 is 2.15 bits per heavy atom. The molecule has 2 aliphatic rings. The number of fused-ring (bicyclic) bond motifs is 1. The maximum Gasteiger partial charge on any atom is 0.287 e. The minimum absolute atomic E-state index is 0.239. The molecule has 0 saturated carbocycles. The van der Waals surface area contributed by atoms with Crippen LogP contribution in [0.4, 0.5) is 5.69 Å². The summed E-state index contributed by atoms with van der Waals surface area (Å²) in [6, 6.07) is 0. The number of nitrogens with zero attached hydrogens (tertiary/aromatic N) is 3. The minimum atomic E-state index is -0.239. The number of methoxy groups -OCH3 is 1. The summed E-state index contributed by atoms with van der Waals surface area (Å²) in [5.74, 6) is 1.31. The van der Waals surface area contributed by atoms with E-state index in [2.05, 4.69) is 15.3 Å². The molecule has 20 heavy (non-hydrogen) atoms. The topological polar surface area (TPSA) is 59.4 Å². The van der Waals surface area contributed by atoms with E-state index >= 15 is 0 Å². The zero-order valence-electron chi connectivity index (χ0n) is 11.5. The molecule has 3 rings (SSSR count). The highest BCUT2D eigenvalue weighted by Crippen LogP contribution is 2.32. The summed E-state index contributed by atoms with van der Waals surface area (Å²) in [6.07, 6.45) is 1.70. The number of hydrogen-bond acceptors (Lipinski definition) is 5. The molecule has 2 atom stereocenters. The number of aromatic nitrogens is 2. The van der Waals surface area contributed by atoms with E-state index in [1.807, 2.05) is 0 Å². The second-order valence-electron chi connectivity index (χ2n) is 5.45. The number of ether oxygens (including phenoxy) is 1. The van der Waals surface area contributed by atoms with Crippen molar-refractivity contribution in [2.24, 2.45) is 11.8 Å². The van der Waals surface area contributed by atoms with Gasteiger partial charge >= 0.3 is 0 Å². The Balaban J connectivity index is 1.81. The fourth-order valence-corrected chi connectivity index (χ4v) is 3.33. The summed E-state index contributed by atoms with van der Waals surface area (Å²) in [6.45, 7) is 4.86. The molecule has 0 unspecified atom stereocenters. The van der Waals surface area contributed by atoms with Gasteiger partial charge in [0.2, 0.25) is 0 Å². The molecule has 1 aromatic rings. The van der Waals surface area contributed by atoms with Crippen molar-refractivity contribution >= 4 is 17.3 Å². The average Bonchev–Trinajstić information content (AvgIpc) is 3.01. The van der Waals surface area contributed by atoms with Crippen LogP contribution >= 0.6 is 11.6 Å². The Morgan fingerprint density at radius 1 is 1.45 bits per heavy atom. The van der Waals surface area contributed by atoms with Gasteiger partial charge in [-0.1, -0.05) is 11.6 Å². The van der Waals surface area contributed by atoms with Gasteiger partial charge in [-0.05, 0) is 11.8 Å². The molecule has 0 aromatic carbocycles. The van der Waals surface area contributed by atoms with Gasteiger partial charge in [0.05, 0.1) is 25.0 Å². The number of anilines is 1. The third kappa shape index (κ3) is 2.43. The number of rotatable bonds is 4. The van der Waals surface area contributed by atoms with E-state index in [1.165, 1.54) is 4.68 Å². The first kappa shape index (κ1) is 13.9. The van der Waals surface area contributed by atoms with Gasteiger partial charge < -0.3 is 15.0 Å². The van der Waals surface area contributed by atoms with Crippen molar-refractivity contribution in [1.82, 2.24) is 15.1 Å². The normalized spacial score (nSPS) is 25.2. The van der Waals surface area contributed by atoms with Crippen LogP contribution in [0.1, 0.15) is 0 Å². The standard InChI is InChI=1S/C13H19ClN4O2/c1-20-3-2-18-13(19)12(14)11(6-16-18)17-7-9-4-15-5-10(9)8-17/h6,9-10,15H,2-5,7-8H2,1H3/t9-,10+. The number of halogens is 1. The summed E-state index contributed by atoms with van der Waals surface area (Å²) >= 11 is 6.24. The maximum atomic E-state index is 12.2. The van der Waals surface area contributed by atoms with Crippen LogP contribution in [0.25, 0.3) is 0 Å². The summed E-state index contributed by atoms with van der Waals surface area (Å²) < 4.78 is 6.32. The molecular formula is C13H19ClN4O2. The molecule has 3 heterocycles. The van der Waals surface area contributed by atoms with E-state index in [0.29, 0.717) is 25.0 Å². The Labute approximate surface area is 122 Å². The van der Waals surface area contributed by atoms with E-state index in [9.17, 15) is 4.79 Å². The largest absolute Gasteiger partial charge is 0.383 e. The molecule has 0 radical (unpaired) electrons. The van der Waals surface area contributed by atoms with Gasteiger partial charge in [0.15, 0.2) is 0 Å². The molecule has 0 amide bonds. The summed E-state index contributed by atoms with van der Waals surface area (Å²) in [7, 11) is 1.60. The molecule has 2 saturated heterocycles. The summed E-state index contributed by atoms with van der Waals surface area (Å²) in [5.41, 5.74) is 0.524. The Hall–Kier alpha value is -1.11. The van der Waals surface area contributed by atoms with Gasteiger partial charge in [-0.15, -0.1) is 0 Å². The fraction of sp³-hybridized carbons (Fsp3) is 0.692. The highest BCUT2D eigenvalue weighted by molar-refractivity contribution is 6.33. The van der Waals surface area contributed by atoms with Gasteiger partial charge in [-0.3, -0.25) is 4.79 Å². The van der Waals surface area contributed by atoms with Gasteiger partial charge in [0.25, 0.3) is 5.56 Å². The summed E-state index contributed by atoms with van der Waals surface area (Å²) in [5, 5.41) is 7.86. The van der Waals surface area contributed by atoms with E-state index < -0.39 is 0 Å². The Bertz CT molecular complexity index is 536. The van der Waals surface area contributed by atoms with Crippen molar-refractivity contribution in [3.63, 3.8) is 0 Å². The van der Waals surface area contributed by atoms with Crippen LogP contribution in [0.15, 0.2) is 11.0 Å². The molecule has 7 heteroatoms. The second kappa shape index (κ2) is 5.71. The molecule has 1 N–H and O–H groups in total. The molecule has 1 aromatic heterocycles. The lowest BCUT2D eigenvalue weighted by Gasteiger charge is -2.20. The van der Waals surface area contributed by atoms with Gasteiger partial charge in [0, 0.05) is 33.3 Å². The zero-order valence-corrected chi connectivity index (χ0v) is 12.3.